The zero-order valence-corrected chi connectivity index (χ0v) is 16.1. The molecule has 1 fully saturated rings. The molecule has 3 rings (SSSR count). The van der Waals surface area contributed by atoms with Crippen LogP contribution >= 0.6 is 23.4 Å². The second-order valence-electron chi connectivity index (χ2n) is 5.77. The summed E-state index contributed by atoms with van der Waals surface area (Å²) in [6.45, 7) is 4.40. The quantitative estimate of drug-likeness (QED) is 0.772. The Morgan fingerprint density at radius 3 is 2.67 bits per heavy atom. The van der Waals surface area contributed by atoms with Crippen molar-refractivity contribution in [2.24, 2.45) is 4.99 Å². The summed E-state index contributed by atoms with van der Waals surface area (Å²) in [6, 6.07) is 14.5. The molecule has 0 aliphatic carbocycles. The molecule has 2 aromatic rings. The van der Waals surface area contributed by atoms with Gasteiger partial charge in [-0.15, -0.1) is 0 Å². The fourth-order valence-corrected chi connectivity index (χ4v) is 3.64. The fourth-order valence-electron chi connectivity index (χ4n) is 2.51. The van der Waals surface area contributed by atoms with Crippen LogP contribution in [0.5, 0.6) is 0 Å². The van der Waals surface area contributed by atoms with Gasteiger partial charge in [-0.3, -0.25) is 14.5 Å². The van der Waals surface area contributed by atoms with Crippen LogP contribution in [0.2, 0.25) is 5.02 Å². The lowest BCUT2D eigenvalue weighted by atomic mass is 10.1. The Bertz CT molecular complexity index is 896. The molecule has 1 saturated heterocycles. The number of rotatable bonds is 5. The number of amides is 2. The van der Waals surface area contributed by atoms with Crippen LogP contribution < -0.4 is 5.32 Å². The predicted octanol–water partition coefficient (Wildman–Crippen LogP) is 4.02. The molecule has 7 heteroatoms. The van der Waals surface area contributed by atoms with E-state index in [9.17, 15) is 9.59 Å². The second kappa shape index (κ2) is 8.88. The SMILES string of the molecule is C=CC(=O)NCc1ccc(C(=O)N2CCSC2=Nc2ccccc2Cl)cc1. The van der Waals surface area contributed by atoms with Gasteiger partial charge in [-0.05, 0) is 35.9 Å². The highest BCUT2D eigenvalue weighted by atomic mass is 35.5. The molecule has 0 saturated carbocycles. The minimum atomic E-state index is -0.232. The van der Waals surface area contributed by atoms with Gasteiger partial charge in [0.15, 0.2) is 5.17 Å². The van der Waals surface area contributed by atoms with Crippen LogP contribution in [0, 0.1) is 0 Å². The van der Waals surface area contributed by atoms with Gasteiger partial charge in [0.05, 0.1) is 10.7 Å². The number of hydrogen-bond donors (Lipinski definition) is 1. The first kappa shape index (κ1) is 19.2. The maximum Gasteiger partial charge on any atom is 0.259 e. The van der Waals surface area contributed by atoms with Crippen molar-refractivity contribution in [3.8, 4) is 0 Å². The van der Waals surface area contributed by atoms with Crippen molar-refractivity contribution in [3.05, 3.63) is 77.3 Å². The normalized spacial score (nSPS) is 15.0. The summed E-state index contributed by atoms with van der Waals surface area (Å²) < 4.78 is 0. The average Bonchev–Trinajstić information content (AvgIpc) is 3.16. The van der Waals surface area contributed by atoms with E-state index in [-0.39, 0.29) is 11.8 Å². The molecule has 0 radical (unpaired) electrons. The van der Waals surface area contributed by atoms with Crippen molar-refractivity contribution in [3.63, 3.8) is 0 Å². The van der Waals surface area contributed by atoms with E-state index < -0.39 is 0 Å². The number of halogens is 1. The van der Waals surface area contributed by atoms with Crippen LogP contribution in [0.25, 0.3) is 0 Å². The van der Waals surface area contributed by atoms with Crippen molar-refractivity contribution in [1.29, 1.82) is 0 Å². The Labute approximate surface area is 167 Å². The summed E-state index contributed by atoms with van der Waals surface area (Å²) in [5.74, 6) is 0.456. The van der Waals surface area contributed by atoms with E-state index in [1.807, 2.05) is 30.3 Å². The van der Waals surface area contributed by atoms with Crippen LogP contribution in [0.4, 0.5) is 5.69 Å². The van der Waals surface area contributed by atoms with Gasteiger partial charge in [-0.2, -0.15) is 0 Å². The topological polar surface area (TPSA) is 61.8 Å². The van der Waals surface area contributed by atoms with Gasteiger partial charge in [0.1, 0.15) is 0 Å². The first-order chi connectivity index (χ1) is 13.1. The molecule has 0 unspecified atom stereocenters. The Hall–Kier alpha value is -2.57. The lowest BCUT2D eigenvalue weighted by Crippen LogP contribution is -2.31. The van der Waals surface area contributed by atoms with Gasteiger partial charge in [0.25, 0.3) is 5.91 Å². The van der Waals surface area contributed by atoms with E-state index in [1.165, 1.54) is 17.8 Å². The molecule has 1 heterocycles. The first-order valence-corrected chi connectivity index (χ1v) is 9.72. The molecular formula is C20H18ClN3O2S. The van der Waals surface area contributed by atoms with E-state index in [4.69, 9.17) is 11.6 Å². The fraction of sp³-hybridized carbons (Fsp3) is 0.150. The second-order valence-corrected chi connectivity index (χ2v) is 7.24. The number of hydrogen-bond acceptors (Lipinski definition) is 4. The maximum absolute atomic E-state index is 12.9. The van der Waals surface area contributed by atoms with Crippen LogP contribution in [0.15, 0.2) is 66.2 Å². The van der Waals surface area contributed by atoms with E-state index >= 15 is 0 Å². The number of amidine groups is 1. The smallest absolute Gasteiger partial charge is 0.259 e. The molecule has 0 spiro atoms. The third-order valence-electron chi connectivity index (χ3n) is 3.94. The lowest BCUT2D eigenvalue weighted by molar-refractivity contribution is -0.116. The summed E-state index contributed by atoms with van der Waals surface area (Å²) in [5, 5.41) is 3.90. The molecule has 138 valence electrons. The maximum atomic E-state index is 12.9. The molecule has 0 atom stereocenters. The van der Waals surface area contributed by atoms with Gasteiger partial charge < -0.3 is 5.32 Å². The van der Waals surface area contributed by atoms with Gasteiger partial charge >= 0.3 is 0 Å². The van der Waals surface area contributed by atoms with E-state index in [1.54, 1.807) is 23.1 Å². The summed E-state index contributed by atoms with van der Waals surface area (Å²) in [5.41, 5.74) is 2.13. The number of carbonyl (C=O) groups is 2. The lowest BCUT2D eigenvalue weighted by Gasteiger charge is -2.16. The molecule has 0 bridgehead atoms. The van der Waals surface area contributed by atoms with Gasteiger partial charge in [-0.25, -0.2) is 4.99 Å². The number of nitrogens with one attached hydrogen (secondary N) is 1. The molecule has 2 aromatic carbocycles. The standard InChI is InChI=1S/C20H18ClN3O2S/c1-2-18(25)22-13-14-7-9-15(10-8-14)19(26)24-11-12-27-20(24)23-17-6-4-3-5-16(17)21/h2-10H,1,11-13H2,(H,22,25). The van der Waals surface area contributed by atoms with Crippen LogP contribution in [-0.4, -0.2) is 34.2 Å². The first-order valence-electron chi connectivity index (χ1n) is 8.35. The van der Waals surface area contributed by atoms with Crippen molar-refractivity contribution in [1.82, 2.24) is 10.2 Å². The number of nitrogens with zero attached hydrogens (tertiary/aromatic N) is 2. The van der Waals surface area contributed by atoms with Gasteiger partial charge in [-0.1, -0.05) is 54.2 Å². The van der Waals surface area contributed by atoms with Gasteiger partial charge in [0, 0.05) is 24.4 Å². The summed E-state index contributed by atoms with van der Waals surface area (Å²) >= 11 is 7.70. The number of para-hydroxylation sites is 1. The third-order valence-corrected chi connectivity index (χ3v) is 5.22. The zero-order chi connectivity index (χ0) is 19.2. The van der Waals surface area contributed by atoms with Crippen molar-refractivity contribution in [2.75, 3.05) is 12.3 Å². The van der Waals surface area contributed by atoms with Crippen molar-refractivity contribution >= 4 is 46.0 Å². The van der Waals surface area contributed by atoms with Crippen LogP contribution in [-0.2, 0) is 11.3 Å². The summed E-state index contributed by atoms with van der Waals surface area (Å²) in [7, 11) is 0. The molecular weight excluding hydrogens is 382 g/mol. The Morgan fingerprint density at radius 2 is 1.96 bits per heavy atom. The minimum Gasteiger partial charge on any atom is -0.348 e. The Balaban J connectivity index is 1.73. The summed E-state index contributed by atoms with van der Waals surface area (Å²) in [4.78, 5) is 30.3. The van der Waals surface area contributed by atoms with Crippen LogP contribution in [0.3, 0.4) is 0 Å². The highest BCUT2D eigenvalue weighted by Gasteiger charge is 2.27. The molecule has 0 aromatic heterocycles. The predicted molar refractivity (Wildman–Crippen MR) is 111 cm³/mol. The Kier molecular flexibility index (Phi) is 6.32. The largest absolute Gasteiger partial charge is 0.348 e. The van der Waals surface area contributed by atoms with Crippen molar-refractivity contribution in [2.45, 2.75) is 6.54 Å². The number of carbonyl (C=O) groups excluding carboxylic acids is 2. The third kappa shape index (κ3) is 4.78. The molecule has 1 N–H and O–H groups in total. The van der Waals surface area contributed by atoms with E-state index in [2.05, 4.69) is 16.9 Å². The monoisotopic (exact) mass is 399 g/mol. The van der Waals surface area contributed by atoms with Gasteiger partial charge in [0.2, 0.25) is 5.91 Å². The molecule has 2 amide bonds. The van der Waals surface area contributed by atoms with E-state index in [0.29, 0.717) is 34.5 Å². The number of aliphatic imine (C=N–C) groups is 1. The molecule has 1 aliphatic rings. The Morgan fingerprint density at radius 1 is 1.22 bits per heavy atom. The average molecular weight is 400 g/mol. The molecule has 27 heavy (non-hydrogen) atoms. The number of thioether (sulfide) groups is 1. The zero-order valence-electron chi connectivity index (χ0n) is 14.5. The highest BCUT2D eigenvalue weighted by Crippen LogP contribution is 2.29. The number of benzene rings is 2. The van der Waals surface area contributed by atoms with E-state index in [0.717, 1.165) is 11.3 Å². The summed E-state index contributed by atoms with van der Waals surface area (Å²) in [6.07, 6.45) is 1.22. The molecule has 1 aliphatic heterocycles. The molecule has 5 nitrogen and oxygen atoms in total. The highest BCUT2D eigenvalue weighted by molar-refractivity contribution is 8.14. The minimum absolute atomic E-state index is 0.104. The van der Waals surface area contributed by atoms with Crippen molar-refractivity contribution < 1.29 is 9.59 Å². The van der Waals surface area contributed by atoms with Crippen LogP contribution in [0.1, 0.15) is 15.9 Å².